The first-order valence-corrected chi connectivity index (χ1v) is 16.3. The predicted molar refractivity (Wildman–Crippen MR) is 191 cm³/mol. The minimum absolute atomic E-state index is 0.0311. The van der Waals surface area contributed by atoms with Crippen LogP contribution in [0.25, 0.3) is 22.4 Å². The van der Waals surface area contributed by atoms with Gasteiger partial charge in [-0.2, -0.15) is 5.11 Å². The average molecular weight is 655 g/mol. The molecule has 0 saturated carbocycles. The number of aliphatic hydroxyl groups excluding tert-OH is 1. The van der Waals surface area contributed by atoms with E-state index in [1.165, 1.54) is 19.2 Å². The fraction of sp³-hybridized carbons (Fsp3) is 0.316. The zero-order valence-electron chi connectivity index (χ0n) is 28.5. The zero-order valence-corrected chi connectivity index (χ0v) is 28.5. The molecule has 254 valence electrons. The van der Waals surface area contributed by atoms with E-state index in [1.54, 1.807) is 12.1 Å². The Labute approximate surface area is 283 Å². The first-order chi connectivity index (χ1) is 23.2. The lowest BCUT2D eigenvalue weighted by Gasteiger charge is -2.18. The van der Waals surface area contributed by atoms with E-state index < -0.39 is 6.10 Å². The van der Waals surface area contributed by atoms with Crippen LogP contribution in [-0.4, -0.2) is 34.6 Å². The van der Waals surface area contributed by atoms with Crippen LogP contribution in [0.15, 0.2) is 108 Å². The molecular formula is C38H47FN6O3. The van der Waals surface area contributed by atoms with Crippen molar-refractivity contribution in [1.29, 1.82) is 0 Å². The van der Waals surface area contributed by atoms with Crippen molar-refractivity contribution in [3.05, 3.63) is 114 Å². The summed E-state index contributed by atoms with van der Waals surface area (Å²) in [6.45, 7) is 12.3. The summed E-state index contributed by atoms with van der Waals surface area (Å²) in [6, 6.07) is 25.4. The maximum atomic E-state index is 14.2. The lowest BCUT2D eigenvalue weighted by atomic mass is 9.94. The van der Waals surface area contributed by atoms with Crippen LogP contribution >= 0.6 is 0 Å². The predicted octanol–water partition coefficient (Wildman–Crippen LogP) is 8.46. The Hall–Kier alpha value is -5.09. The molecule has 0 radical (unpaired) electrons. The number of aromatic nitrogens is 1. The van der Waals surface area contributed by atoms with Gasteiger partial charge >= 0.3 is 0 Å². The maximum Gasteiger partial charge on any atom is 0.258 e. The molecule has 0 fully saturated rings. The molecular weight excluding hydrogens is 607 g/mol. The Morgan fingerprint density at radius 2 is 1.54 bits per heavy atom. The highest BCUT2D eigenvalue weighted by Crippen LogP contribution is 2.42. The summed E-state index contributed by atoms with van der Waals surface area (Å²) < 4.78 is 16.3. The van der Waals surface area contributed by atoms with E-state index in [-0.39, 0.29) is 35.8 Å². The van der Waals surface area contributed by atoms with Gasteiger partial charge in [0.15, 0.2) is 0 Å². The van der Waals surface area contributed by atoms with Gasteiger partial charge in [0.2, 0.25) is 5.91 Å². The van der Waals surface area contributed by atoms with E-state index >= 15 is 0 Å². The van der Waals surface area contributed by atoms with Gasteiger partial charge in [0.25, 0.3) is 5.91 Å². The number of amides is 2. The van der Waals surface area contributed by atoms with E-state index in [0.717, 1.165) is 28.1 Å². The molecule has 1 aromatic heterocycles. The number of aliphatic hydroxyl groups is 1. The Balaban J connectivity index is 0.00000307. The van der Waals surface area contributed by atoms with Crippen LogP contribution in [0.3, 0.4) is 0 Å². The van der Waals surface area contributed by atoms with Gasteiger partial charge in [0, 0.05) is 23.5 Å². The molecule has 4 rings (SSSR count). The van der Waals surface area contributed by atoms with Crippen molar-refractivity contribution in [2.75, 3.05) is 12.4 Å². The topological polar surface area (TPSA) is 120 Å². The first kappa shape index (κ1) is 37.4. The van der Waals surface area contributed by atoms with Crippen molar-refractivity contribution >= 4 is 17.5 Å². The Kier molecular flexibility index (Phi) is 14.7. The maximum absolute atomic E-state index is 14.2. The van der Waals surface area contributed by atoms with Gasteiger partial charge in [-0.15, -0.1) is 0 Å². The third-order valence-electron chi connectivity index (χ3n) is 7.45. The van der Waals surface area contributed by atoms with Gasteiger partial charge < -0.3 is 20.3 Å². The Morgan fingerprint density at radius 1 is 0.917 bits per heavy atom. The number of hydrogen-bond donors (Lipinski definition) is 4. The van der Waals surface area contributed by atoms with E-state index in [0.29, 0.717) is 37.1 Å². The number of hydrogen-bond acceptors (Lipinski definition) is 5. The van der Waals surface area contributed by atoms with E-state index in [2.05, 4.69) is 51.4 Å². The molecule has 4 aromatic rings. The lowest BCUT2D eigenvalue weighted by Crippen LogP contribution is -2.30. The Bertz CT molecular complexity index is 1650. The van der Waals surface area contributed by atoms with E-state index in [1.807, 2.05) is 74.5 Å². The number of anilines is 1. The van der Waals surface area contributed by atoms with Crippen LogP contribution in [0.4, 0.5) is 10.1 Å². The third kappa shape index (κ3) is 10.2. The third-order valence-corrected chi connectivity index (χ3v) is 7.45. The van der Waals surface area contributed by atoms with Gasteiger partial charge in [-0.25, -0.2) is 9.82 Å². The standard InChI is InChI=1S/C36H41FN6O3.C2H6/c1-24(2)34-33(36(46)40-29-15-9-6-10-16-29)32(26-13-7-5-8-14-26)35(27-18-20-28(37)21-19-27)43(34)22-12-11-17-30(44)23-31(45)39-25(3)41-42-38-4;1-2/h5-10,13-16,18-21,24,30,44H,3,11-12,17,22-23H2,1-2,4H3,(H,38,41)(H,39,45)(H,40,46);1-2H3. The highest BCUT2D eigenvalue weighted by molar-refractivity contribution is 6.12. The van der Waals surface area contributed by atoms with Crippen molar-refractivity contribution in [2.24, 2.45) is 10.3 Å². The van der Waals surface area contributed by atoms with Gasteiger partial charge in [0.05, 0.1) is 30.8 Å². The van der Waals surface area contributed by atoms with Gasteiger partial charge in [-0.3, -0.25) is 9.59 Å². The number of unbranched alkanes of at least 4 members (excludes halogenated alkanes) is 1. The van der Waals surface area contributed by atoms with E-state index in [9.17, 15) is 19.1 Å². The average Bonchev–Trinajstić information content (AvgIpc) is 3.43. The molecule has 48 heavy (non-hydrogen) atoms. The quantitative estimate of drug-likeness (QED) is 0.0584. The van der Waals surface area contributed by atoms with Gasteiger partial charge in [0.1, 0.15) is 11.6 Å². The van der Waals surface area contributed by atoms with E-state index in [4.69, 9.17) is 0 Å². The minimum atomic E-state index is -0.849. The van der Waals surface area contributed by atoms with Crippen molar-refractivity contribution in [3.8, 4) is 22.4 Å². The second kappa shape index (κ2) is 18.9. The summed E-state index contributed by atoms with van der Waals surface area (Å²) in [5, 5.41) is 23.3. The van der Waals surface area contributed by atoms with Crippen molar-refractivity contribution in [3.63, 3.8) is 0 Å². The zero-order chi connectivity index (χ0) is 35.1. The van der Waals surface area contributed by atoms with Crippen molar-refractivity contribution in [2.45, 2.75) is 71.9 Å². The summed E-state index contributed by atoms with van der Waals surface area (Å²) in [6.07, 6.45) is 0.758. The molecule has 9 nitrogen and oxygen atoms in total. The minimum Gasteiger partial charge on any atom is -0.393 e. The highest BCUT2D eigenvalue weighted by atomic mass is 19.1. The van der Waals surface area contributed by atoms with Crippen LogP contribution in [0.1, 0.15) is 75.3 Å². The normalized spacial score (nSPS) is 11.5. The van der Waals surface area contributed by atoms with Crippen LogP contribution < -0.4 is 16.1 Å². The molecule has 10 heteroatoms. The SMILES string of the molecule is C=C(NN=NC)NC(=O)CC(O)CCCCn1c(-c2ccc(F)cc2)c(-c2ccccc2)c(C(=O)Nc2ccccc2)c1C(C)C.CC. The first-order valence-electron chi connectivity index (χ1n) is 16.3. The second-order valence-electron chi connectivity index (χ2n) is 11.3. The fourth-order valence-electron chi connectivity index (χ4n) is 5.53. The molecule has 1 unspecified atom stereocenters. The molecule has 0 bridgehead atoms. The molecule has 1 heterocycles. The highest BCUT2D eigenvalue weighted by Gasteiger charge is 2.30. The number of carbonyl (C=O) groups is 2. The Morgan fingerprint density at radius 3 is 2.15 bits per heavy atom. The van der Waals surface area contributed by atoms with Crippen molar-refractivity contribution in [1.82, 2.24) is 15.3 Å². The molecule has 0 aliphatic rings. The summed E-state index contributed by atoms with van der Waals surface area (Å²) in [5.74, 6) is -0.818. The van der Waals surface area contributed by atoms with Gasteiger partial charge in [-0.05, 0) is 72.7 Å². The number of para-hydroxylation sites is 1. The molecule has 0 aliphatic carbocycles. The largest absolute Gasteiger partial charge is 0.393 e. The summed E-state index contributed by atoms with van der Waals surface area (Å²) in [5.41, 5.74) is 7.85. The molecule has 4 N–H and O–H groups in total. The van der Waals surface area contributed by atoms with Crippen LogP contribution in [0, 0.1) is 5.82 Å². The molecule has 0 saturated heterocycles. The smallest absolute Gasteiger partial charge is 0.258 e. The fourth-order valence-corrected chi connectivity index (χ4v) is 5.53. The molecule has 0 aliphatic heterocycles. The monoisotopic (exact) mass is 654 g/mol. The van der Waals surface area contributed by atoms with Crippen LogP contribution in [0.5, 0.6) is 0 Å². The van der Waals surface area contributed by atoms with Crippen LogP contribution in [0.2, 0.25) is 0 Å². The number of rotatable bonds is 15. The number of nitrogens with one attached hydrogen (secondary N) is 3. The number of benzene rings is 3. The van der Waals surface area contributed by atoms with Gasteiger partial charge in [-0.1, -0.05) is 88.0 Å². The molecule has 3 aromatic carbocycles. The molecule has 0 spiro atoms. The summed E-state index contributed by atoms with van der Waals surface area (Å²) in [7, 11) is 1.48. The number of halogens is 1. The number of nitrogens with zero attached hydrogens (tertiary/aromatic N) is 3. The molecule has 1 atom stereocenters. The second-order valence-corrected chi connectivity index (χ2v) is 11.3. The molecule has 2 amide bonds. The summed E-state index contributed by atoms with van der Waals surface area (Å²) in [4.78, 5) is 26.4. The number of carbonyl (C=O) groups excluding carboxylic acids is 2. The van der Waals surface area contributed by atoms with Crippen LogP contribution in [-0.2, 0) is 11.3 Å². The lowest BCUT2D eigenvalue weighted by molar-refractivity contribution is -0.122. The van der Waals surface area contributed by atoms with Crippen molar-refractivity contribution < 1.29 is 19.1 Å². The summed E-state index contributed by atoms with van der Waals surface area (Å²) >= 11 is 0.